The zero-order valence-corrected chi connectivity index (χ0v) is 20.0. The molecule has 8 nitrogen and oxygen atoms in total. The van der Waals surface area contributed by atoms with Crippen molar-refractivity contribution in [3.05, 3.63) is 78.0 Å². The van der Waals surface area contributed by atoms with Gasteiger partial charge in [0.25, 0.3) is 0 Å². The van der Waals surface area contributed by atoms with Gasteiger partial charge in [-0.05, 0) is 29.7 Å². The first-order valence-electron chi connectivity index (χ1n) is 11.2. The number of nitrogens with zero attached hydrogens (tertiary/aromatic N) is 2. The summed E-state index contributed by atoms with van der Waals surface area (Å²) in [7, 11) is -2.37. The number of hydrogen-bond donors (Lipinski definition) is 0. The predicted octanol–water partition coefficient (Wildman–Crippen LogP) is 3.77. The van der Waals surface area contributed by atoms with Crippen molar-refractivity contribution < 1.29 is 27.4 Å². The molecule has 2 heterocycles. The fourth-order valence-electron chi connectivity index (χ4n) is 4.24. The predicted molar refractivity (Wildman–Crippen MR) is 131 cm³/mol. The van der Waals surface area contributed by atoms with E-state index in [4.69, 9.17) is 19.2 Å². The minimum atomic E-state index is -3.79. The Labute approximate surface area is 203 Å². The summed E-state index contributed by atoms with van der Waals surface area (Å²) in [5, 5.41) is 2.91. The van der Waals surface area contributed by atoms with Crippen molar-refractivity contribution in [2.45, 2.75) is 11.5 Å². The number of aromatic nitrogens is 1. The van der Waals surface area contributed by atoms with Crippen LogP contribution in [0.3, 0.4) is 0 Å². The van der Waals surface area contributed by atoms with E-state index in [2.05, 4.69) is 0 Å². The topological polar surface area (TPSA) is 95.0 Å². The van der Waals surface area contributed by atoms with E-state index in [9.17, 15) is 13.2 Å². The van der Waals surface area contributed by atoms with E-state index >= 15 is 0 Å². The summed E-state index contributed by atoms with van der Waals surface area (Å²) in [5.41, 5.74) is 1.45. The van der Waals surface area contributed by atoms with Gasteiger partial charge in [-0.15, -0.1) is 0 Å². The minimum absolute atomic E-state index is 0.00132. The lowest BCUT2D eigenvalue weighted by molar-refractivity contribution is 0.0466. The quantitative estimate of drug-likeness (QED) is 0.299. The number of para-hydroxylation sites is 1. The van der Waals surface area contributed by atoms with Gasteiger partial charge in [0.15, 0.2) is 0 Å². The molecule has 35 heavy (non-hydrogen) atoms. The summed E-state index contributed by atoms with van der Waals surface area (Å²) in [6.45, 7) is 1.10. The van der Waals surface area contributed by atoms with Gasteiger partial charge in [-0.25, -0.2) is 18.2 Å². The highest BCUT2D eigenvalue weighted by atomic mass is 32.2. The summed E-state index contributed by atoms with van der Waals surface area (Å²) in [4.78, 5) is 17.8. The zero-order valence-electron chi connectivity index (χ0n) is 19.1. The molecule has 0 atom stereocenters. The smallest absolute Gasteiger partial charge is 0.342 e. The Balaban J connectivity index is 1.45. The van der Waals surface area contributed by atoms with Crippen LogP contribution in [-0.2, 0) is 26.1 Å². The number of sulfonamides is 1. The standard InChI is InChI=1S/C26H24N2O6S/c1-32-25-11-10-18(35(30,31)28-12-14-33-15-13-28)16-22(25)26(29)34-17-24-21-8-3-2-6-19(21)20-7-4-5-9-23(20)27-24/h2-11,16H,12-15,17H2,1H3. The minimum Gasteiger partial charge on any atom is -0.496 e. The first kappa shape index (κ1) is 23.2. The summed E-state index contributed by atoms with van der Waals surface area (Å²) in [6.07, 6.45) is 0. The highest BCUT2D eigenvalue weighted by Gasteiger charge is 2.28. The number of hydrogen-bond acceptors (Lipinski definition) is 7. The van der Waals surface area contributed by atoms with Gasteiger partial charge < -0.3 is 14.2 Å². The van der Waals surface area contributed by atoms with Gasteiger partial charge in [-0.3, -0.25) is 0 Å². The molecule has 5 rings (SSSR count). The maximum absolute atomic E-state index is 13.1. The van der Waals surface area contributed by atoms with Gasteiger partial charge in [0.1, 0.15) is 17.9 Å². The van der Waals surface area contributed by atoms with E-state index in [1.54, 1.807) is 0 Å². The van der Waals surface area contributed by atoms with Crippen LogP contribution in [0.1, 0.15) is 16.1 Å². The van der Waals surface area contributed by atoms with Crippen molar-refractivity contribution in [2.75, 3.05) is 33.4 Å². The number of esters is 1. The van der Waals surface area contributed by atoms with E-state index in [1.165, 1.54) is 29.6 Å². The van der Waals surface area contributed by atoms with Crippen LogP contribution in [0.4, 0.5) is 0 Å². The molecule has 180 valence electrons. The van der Waals surface area contributed by atoms with Gasteiger partial charge in [0.05, 0.1) is 36.4 Å². The van der Waals surface area contributed by atoms with E-state index in [1.807, 2.05) is 48.5 Å². The SMILES string of the molecule is COc1ccc(S(=O)(=O)N2CCOCC2)cc1C(=O)OCc1nc2ccccc2c2ccccc12. The number of carbonyl (C=O) groups is 1. The average Bonchev–Trinajstić information content (AvgIpc) is 2.91. The summed E-state index contributed by atoms with van der Waals surface area (Å²) in [5.74, 6) is -0.466. The van der Waals surface area contributed by atoms with Crippen LogP contribution < -0.4 is 4.74 Å². The first-order valence-corrected chi connectivity index (χ1v) is 12.6. The molecule has 0 N–H and O–H groups in total. The Kier molecular flexibility index (Phi) is 6.38. The Hall–Kier alpha value is -3.53. The normalized spacial score (nSPS) is 14.8. The fraction of sp³-hybridized carbons (Fsp3) is 0.231. The molecule has 1 aliphatic heterocycles. The summed E-state index contributed by atoms with van der Waals surface area (Å²) in [6, 6.07) is 19.8. The number of methoxy groups -OCH3 is 1. The summed E-state index contributed by atoms with van der Waals surface area (Å²) < 4.78 is 43.7. The van der Waals surface area contributed by atoms with Gasteiger partial charge in [-0.2, -0.15) is 4.31 Å². The lowest BCUT2D eigenvalue weighted by Crippen LogP contribution is -2.40. The van der Waals surface area contributed by atoms with Gasteiger partial charge >= 0.3 is 5.97 Å². The molecule has 1 aromatic heterocycles. The second kappa shape index (κ2) is 9.61. The molecule has 0 saturated carbocycles. The lowest BCUT2D eigenvalue weighted by atomic mass is 10.0. The second-order valence-electron chi connectivity index (χ2n) is 8.08. The molecule has 1 saturated heterocycles. The van der Waals surface area contributed by atoms with Crippen LogP contribution in [0.15, 0.2) is 71.6 Å². The molecule has 9 heteroatoms. The Morgan fingerprint density at radius 3 is 2.40 bits per heavy atom. The Bertz CT molecular complexity index is 1510. The third kappa shape index (κ3) is 4.45. The lowest BCUT2D eigenvalue weighted by Gasteiger charge is -2.26. The number of benzene rings is 3. The van der Waals surface area contributed by atoms with E-state index in [0.29, 0.717) is 18.9 Å². The van der Waals surface area contributed by atoms with Crippen molar-refractivity contribution in [1.82, 2.24) is 9.29 Å². The maximum Gasteiger partial charge on any atom is 0.342 e. The largest absolute Gasteiger partial charge is 0.496 e. The van der Waals surface area contributed by atoms with Crippen LogP contribution in [0, 0.1) is 0 Å². The van der Waals surface area contributed by atoms with Crippen LogP contribution in [0.25, 0.3) is 21.7 Å². The van der Waals surface area contributed by atoms with Crippen molar-refractivity contribution in [3.8, 4) is 5.75 Å². The monoisotopic (exact) mass is 492 g/mol. The molecule has 1 fully saturated rings. The highest BCUT2D eigenvalue weighted by molar-refractivity contribution is 7.89. The number of morpholine rings is 1. The molecular formula is C26H24N2O6S. The van der Waals surface area contributed by atoms with E-state index in [0.717, 1.165) is 21.7 Å². The number of carbonyl (C=O) groups excluding carboxylic acids is 1. The molecule has 0 amide bonds. The first-order chi connectivity index (χ1) is 17.0. The molecule has 0 aliphatic carbocycles. The highest BCUT2D eigenvalue weighted by Crippen LogP contribution is 2.29. The Morgan fingerprint density at radius 2 is 1.66 bits per heavy atom. The Morgan fingerprint density at radius 1 is 0.971 bits per heavy atom. The third-order valence-corrected chi connectivity index (χ3v) is 7.92. The molecule has 0 radical (unpaired) electrons. The van der Waals surface area contributed by atoms with Crippen LogP contribution >= 0.6 is 0 Å². The molecular weight excluding hydrogens is 468 g/mol. The van der Waals surface area contributed by atoms with E-state index < -0.39 is 16.0 Å². The maximum atomic E-state index is 13.1. The number of rotatable bonds is 6. The molecule has 0 bridgehead atoms. The fourth-order valence-corrected chi connectivity index (χ4v) is 5.67. The summed E-state index contributed by atoms with van der Waals surface area (Å²) >= 11 is 0. The average molecular weight is 493 g/mol. The third-order valence-electron chi connectivity index (χ3n) is 6.03. The van der Waals surface area contributed by atoms with Crippen LogP contribution in [0.2, 0.25) is 0 Å². The van der Waals surface area contributed by atoms with Crippen LogP contribution in [0.5, 0.6) is 5.75 Å². The second-order valence-corrected chi connectivity index (χ2v) is 10.0. The van der Waals surface area contributed by atoms with E-state index in [-0.39, 0.29) is 35.9 Å². The number of fused-ring (bicyclic) bond motifs is 3. The van der Waals surface area contributed by atoms with Gasteiger partial charge in [0, 0.05) is 23.9 Å². The molecule has 0 unspecified atom stereocenters. The van der Waals surface area contributed by atoms with Crippen molar-refractivity contribution in [2.24, 2.45) is 0 Å². The van der Waals surface area contributed by atoms with Crippen molar-refractivity contribution >= 4 is 37.7 Å². The number of pyridine rings is 1. The van der Waals surface area contributed by atoms with Crippen molar-refractivity contribution in [1.29, 1.82) is 0 Å². The molecule has 0 spiro atoms. The molecule has 4 aromatic rings. The molecule has 1 aliphatic rings. The van der Waals surface area contributed by atoms with Crippen LogP contribution in [-0.4, -0.2) is 57.1 Å². The van der Waals surface area contributed by atoms with Gasteiger partial charge in [0.2, 0.25) is 10.0 Å². The zero-order chi connectivity index (χ0) is 24.4. The molecule has 3 aromatic carbocycles. The number of ether oxygens (including phenoxy) is 3. The van der Waals surface area contributed by atoms with Crippen molar-refractivity contribution in [3.63, 3.8) is 0 Å². The van der Waals surface area contributed by atoms with Gasteiger partial charge in [-0.1, -0.05) is 42.5 Å².